The van der Waals surface area contributed by atoms with Crippen molar-refractivity contribution in [2.75, 3.05) is 20.4 Å². The molecule has 0 saturated heterocycles. The van der Waals surface area contributed by atoms with Crippen LogP contribution in [0.5, 0.6) is 5.75 Å². The molecule has 1 aromatic carbocycles. The Kier molecular flexibility index (Phi) is 6.61. The van der Waals surface area contributed by atoms with Gasteiger partial charge in [0.1, 0.15) is 12.5 Å². The van der Waals surface area contributed by atoms with Crippen molar-refractivity contribution in [1.29, 1.82) is 0 Å². The first-order chi connectivity index (χ1) is 9.42. The molecule has 0 fully saturated rings. The molecule has 1 aromatic rings. The third kappa shape index (κ3) is 6.63. The Bertz CT molecular complexity index is 424. The lowest BCUT2D eigenvalue weighted by Crippen LogP contribution is -2.23. The van der Waals surface area contributed by atoms with Crippen LogP contribution in [-0.2, 0) is 4.74 Å². The molecule has 0 bridgehead atoms. The van der Waals surface area contributed by atoms with Crippen molar-refractivity contribution in [3.05, 3.63) is 36.0 Å². The van der Waals surface area contributed by atoms with Gasteiger partial charge in [-0.25, -0.2) is 0 Å². The Morgan fingerprint density at radius 3 is 2.45 bits per heavy atom. The minimum atomic E-state index is -1.01. The van der Waals surface area contributed by atoms with E-state index in [0.29, 0.717) is 12.4 Å². The molecule has 5 heteroatoms. The van der Waals surface area contributed by atoms with Gasteiger partial charge in [-0.3, -0.25) is 0 Å². The summed E-state index contributed by atoms with van der Waals surface area (Å²) in [5.74, 6) is 0.823. The maximum Gasteiger partial charge on any atom is 0.118 e. The second kappa shape index (κ2) is 7.97. The molecular weight excluding hydrogens is 268 g/mol. The standard InChI is InChI=1S/C15H26N2O2Si/c1-18-14-7-5-13(6-8-14)15(16)11-17-12-19-9-10-20(2,3)4/h5-8,11,17H,9-10,12,16H2,1-4H3/b15-11-. The molecule has 0 aliphatic heterocycles. The van der Waals surface area contributed by atoms with E-state index in [1.807, 2.05) is 24.3 Å². The summed E-state index contributed by atoms with van der Waals surface area (Å²) in [6.07, 6.45) is 1.77. The van der Waals surface area contributed by atoms with Crippen molar-refractivity contribution in [1.82, 2.24) is 5.32 Å². The summed E-state index contributed by atoms with van der Waals surface area (Å²) in [6.45, 7) is 8.31. The fraction of sp³-hybridized carbons (Fsp3) is 0.467. The minimum absolute atomic E-state index is 0.487. The van der Waals surface area contributed by atoms with E-state index in [1.165, 1.54) is 6.04 Å². The van der Waals surface area contributed by atoms with E-state index >= 15 is 0 Å². The first kappa shape index (κ1) is 16.6. The van der Waals surface area contributed by atoms with Crippen LogP contribution in [0.2, 0.25) is 25.7 Å². The number of methoxy groups -OCH3 is 1. The first-order valence-electron chi connectivity index (χ1n) is 6.83. The van der Waals surface area contributed by atoms with Gasteiger partial charge in [0.15, 0.2) is 0 Å². The molecule has 0 aliphatic rings. The van der Waals surface area contributed by atoms with Crippen LogP contribution in [0, 0.1) is 0 Å². The predicted molar refractivity (Wildman–Crippen MR) is 87.3 cm³/mol. The van der Waals surface area contributed by atoms with E-state index in [2.05, 4.69) is 25.0 Å². The molecule has 4 nitrogen and oxygen atoms in total. The molecular formula is C15H26N2O2Si. The van der Waals surface area contributed by atoms with E-state index in [0.717, 1.165) is 17.9 Å². The van der Waals surface area contributed by atoms with Crippen molar-refractivity contribution in [3.8, 4) is 5.75 Å². The summed E-state index contributed by atoms with van der Waals surface area (Å²) in [7, 11) is 0.641. The zero-order valence-electron chi connectivity index (χ0n) is 12.9. The van der Waals surface area contributed by atoms with Gasteiger partial charge < -0.3 is 20.5 Å². The zero-order valence-corrected chi connectivity index (χ0v) is 13.9. The molecule has 0 unspecified atom stereocenters. The number of rotatable bonds is 8. The summed E-state index contributed by atoms with van der Waals surface area (Å²) in [4.78, 5) is 0. The third-order valence-electron chi connectivity index (χ3n) is 2.86. The van der Waals surface area contributed by atoms with Gasteiger partial charge in [0.2, 0.25) is 0 Å². The summed E-state index contributed by atoms with van der Waals surface area (Å²) in [5, 5.41) is 3.07. The van der Waals surface area contributed by atoms with Crippen molar-refractivity contribution in [3.63, 3.8) is 0 Å². The van der Waals surface area contributed by atoms with Gasteiger partial charge >= 0.3 is 0 Å². The molecule has 0 aromatic heterocycles. The minimum Gasteiger partial charge on any atom is -0.497 e. The maximum atomic E-state index is 5.98. The van der Waals surface area contributed by atoms with Crippen LogP contribution < -0.4 is 15.8 Å². The van der Waals surface area contributed by atoms with Crippen molar-refractivity contribution >= 4 is 13.8 Å². The SMILES string of the molecule is COc1ccc(/C(N)=C/NCOCC[Si](C)(C)C)cc1. The van der Waals surface area contributed by atoms with E-state index < -0.39 is 8.07 Å². The molecule has 1 rings (SSSR count). The van der Waals surface area contributed by atoms with Gasteiger partial charge in [0.25, 0.3) is 0 Å². The molecule has 3 N–H and O–H groups in total. The number of nitrogens with one attached hydrogen (secondary N) is 1. The van der Waals surface area contributed by atoms with Crippen LogP contribution in [0.25, 0.3) is 5.70 Å². The highest BCUT2D eigenvalue weighted by molar-refractivity contribution is 6.76. The Morgan fingerprint density at radius 1 is 1.25 bits per heavy atom. The first-order valence-corrected chi connectivity index (χ1v) is 10.5. The Hall–Kier alpha value is -1.46. The van der Waals surface area contributed by atoms with Gasteiger partial charge in [0, 0.05) is 20.9 Å². The predicted octanol–water partition coefficient (Wildman–Crippen LogP) is 2.85. The number of ether oxygens (including phenoxy) is 2. The lowest BCUT2D eigenvalue weighted by molar-refractivity contribution is 0.138. The van der Waals surface area contributed by atoms with Gasteiger partial charge in [0.05, 0.1) is 12.8 Å². The molecule has 0 atom stereocenters. The van der Waals surface area contributed by atoms with Crippen LogP contribution >= 0.6 is 0 Å². The second-order valence-corrected chi connectivity index (χ2v) is 11.5. The van der Waals surface area contributed by atoms with Crippen LogP contribution in [0.15, 0.2) is 30.5 Å². The highest BCUT2D eigenvalue weighted by atomic mass is 28.3. The zero-order chi connectivity index (χ0) is 15.0. The smallest absolute Gasteiger partial charge is 0.118 e. The van der Waals surface area contributed by atoms with Gasteiger partial charge in [-0.2, -0.15) is 0 Å². The lowest BCUT2D eigenvalue weighted by atomic mass is 10.2. The monoisotopic (exact) mass is 294 g/mol. The van der Waals surface area contributed by atoms with Crippen LogP contribution in [0.1, 0.15) is 5.56 Å². The summed E-state index contributed by atoms with van der Waals surface area (Å²) < 4.78 is 10.6. The molecule has 0 heterocycles. The summed E-state index contributed by atoms with van der Waals surface area (Å²) >= 11 is 0. The topological polar surface area (TPSA) is 56.5 Å². The number of hydrogen-bond acceptors (Lipinski definition) is 4. The largest absolute Gasteiger partial charge is 0.497 e. The average molecular weight is 294 g/mol. The van der Waals surface area contributed by atoms with E-state index in [4.69, 9.17) is 15.2 Å². The fourth-order valence-corrected chi connectivity index (χ4v) is 2.28. The number of hydrogen-bond donors (Lipinski definition) is 2. The maximum absolute atomic E-state index is 5.98. The number of benzene rings is 1. The summed E-state index contributed by atoms with van der Waals surface area (Å²) in [6, 6.07) is 8.81. The van der Waals surface area contributed by atoms with Crippen molar-refractivity contribution < 1.29 is 9.47 Å². The second-order valence-electron chi connectivity index (χ2n) is 5.90. The highest BCUT2D eigenvalue weighted by Gasteiger charge is 2.11. The van der Waals surface area contributed by atoms with Gasteiger partial charge in [-0.1, -0.05) is 19.6 Å². The Labute approximate surface area is 123 Å². The lowest BCUT2D eigenvalue weighted by Gasteiger charge is -2.15. The van der Waals surface area contributed by atoms with E-state index in [1.54, 1.807) is 13.3 Å². The molecule has 0 amide bonds. The molecule has 0 spiro atoms. The molecule has 0 radical (unpaired) electrons. The van der Waals surface area contributed by atoms with Gasteiger partial charge in [-0.15, -0.1) is 0 Å². The van der Waals surface area contributed by atoms with Crippen LogP contribution in [-0.4, -0.2) is 28.5 Å². The Balaban J connectivity index is 2.30. The van der Waals surface area contributed by atoms with Crippen LogP contribution in [0.3, 0.4) is 0 Å². The highest BCUT2D eigenvalue weighted by Crippen LogP contribution is 2.14. The van der Waals surface area contributed by atoms with Gasteiger partial charge in [-0.05, 0) is 35.9 Å². The number of nitrogens with two attached hydrogens (primary N) is 1. The summed E-state index contributed by atoms with van der Waals surface area (Å²) in [5.41, 5.74) is 7.62. The normalized spacial score (nSPS) is 12.3. The third-order valence-corrected chi connectivity index (χ3v) is 4.57. The molecule has 112 valence electrons. The average Bonchev–Trinajstić information content (AvgIpc) is 2.41. The van der Waals surface area contributed by atoms with E-state index in [9.17, 15) is 0 Å². The molecule has 20 heavy (non-hydrogen) atoms. The van der Waals surface area contributed by atoms with Crippen molar-refractivity contribution in [2.45, 2.75) is 25.7 Å². The van der Waals surface area contributed by atoms with Crippen LogP contribution in [0.4, 0.5) is 0 Å². The quantitative estimate of drug-likeness (QED) is 0.440. The molecule has 0 saturated carbocycles. The van der Waals surface area contributed by atoms with Crippen molar-refractivity contribution in [2.24, 2.45) is 5.73 Å². The fourth-order valence-electron chi connectivity index (χ4n) is 1.53. The Morgan fingerprint density at radius 2 is 1.90 bits per heavy atom. The van der Waals surface area contributed by atoms with E-state index in [-0.39, 0.29) is 0 Å². The molecule has 0 aliphatic carbocycles.